The van der Waals surface area contributed by atoms with E-state index in [4.69, 9.17) is 16.9 Å². The molecule has 0 spiro atoms. The van der Waals surface area contributed by atoms with Crippen LogP contribution in [-0.4, -0.2) is 16.6 Å². The number of rotatable bonds is 5. The number of nitriles is 1. The van der Waals surface area contributed by atoms with Gasteiger partial charge < -0.3 is 5.32 Å². The molecule has 0 saturated carbocycles. The number of aromatic nitrogens is 1. The van der Waals surface area contributed by atoms with Crippen LogP contribution >= 0.6 is 23.4 Å². The summed E-state index contributed by atoms with van der Waals surface area (Å²) in [5.41, 5.74) is 1.34. The Morgan fingerprint density at radius 3 is 2.90 bits per heavy atom. The van der Waals surface area contributed by atoms with Crippen molar-refractivity contribution in [1.82, 2.24) is 10.3 Å². The molecule has 4 nitrogen and oxygen atoms in total. The lowest BCUT2D eigenvalue weighted by molar-refractivity contribution is -0.118. The first-order valence-corrected chi connectivity index (χ1v) is 7.55. The first kappa shape index (κ1) is 15.4. The first-order valence-electron chi connectivity index (χ1n) is 6.18. The molecule has 1 aromatic heterocycles. The van der Waals surface area contributed by atoms with Gasteiger partial charge in [0, 0.05) is 17.8 Å². The molecule has 1 aromatic carbocycles. The molecular formula is C15H12ClN3OS. The molecule has 1 amide bonds. The van der Waals surface area contributed by atoms with E-state index in [-0.39, 0.29) is 11.7 Å². The highest BCUT2D eigenvalue weighted by Gasteiger charge is 2.08. The summed E-state index contributed by atoms with van der Waals surface area (Å²) < 4.78 is 0. The van der Waals surface area contributed by atoms with Crippen LogP contribution in [0, 0.1) is 11.3 Å². The van der Waals surface area contributed by atoms with E-state index in [9.17, 15) is 4.79 Å². The number of hydrogen-bond acceptors (Lipinski definition) is 4. The van der Waals surface area contributed by atoms with Crippen LogP contribution < -0.4 is 5.32 Å². The van der Waals surface area contributed by atoms with Gasteiger partial charge in [0.1, 0.15) is 11.1 Å². The average Bonchev–Trinajstić information content (AvgIpc) is 2.52. The van der Waals surface area contributed by atoms with Crippen LogP contribution in [0.2, 0.25) is 5.02 Å². The van der Waals surface area contributed by atoms with E-state index >= 15 is 0 Å². The Balaban J connectivity index is 1.86. The van der Waals surface area contributed by atoms with Gasteiger partial charge >= 0.3 is 0 Å². The van der Waals surface area contributed by atoms with Crippen molar-refractivity contribution in [2.75, 3.05) is 5.75 Å². The summed E-state index contributed by atoms with van der Waals surface area (Å²) in [5.74, 6) is 0.0744. The summed E-state index contributed by atoms with van der Waals surface area (Å²) in [6.45, 7) is 0.381. The summed E-state index contributed by atoms with van der Waals surface area (Å²) in [4.78, 5) is 15.9. The third kappa shape index (κ3) is 4.48. The zero-order chi connectivity index (χ0) is 15.1. The highest BCUT2D eigenvalue weighted by atomic mass is 35.5. The number of benzene rings is 1. The fraction of sp³-hybridized carbons (Fsp3) is 0.133. The van der Waals surface area contributed by atoms with E-state index in [0.29, 0.717) is 22.2 Å². The van der Waals surface area contributed by atoms with E-state index in [2.05, 4.69) is 16.4 Å². The van der Waals surface area contributed by atoms with Gasteiger partial charge in [0.2, 0.25) is 5.91 Å². The van der Waals surface area contributed by atoms with Crippen LogP contribution in [0.25, 0.3) is 0 Å². The molecule has 0 aliphatic carbocycles. The highest BCUT2D eigenvalue weighted by molar-refractivity contribution is 7.99. The number of halogens is 1. The monoisotopic (exact) mass is 317 g/mol. The smallest absolute Gasteiger partial charge is 0.230 e. The minimum atomic E-state index is -0.130. The van der Waals surface area contributed by atoms with Gasteiger partial charge in [0.15, 0.2) is 0 Å². The lowest BCUT2D eigenvalue weighted by Crippen LogP contribution is -2.24. The van der Waals surface area contributed by atoms with E-state index < -0.39 is 0 Å². The van der Waals surface area contributed by atoms with Crippen LogP contribution in [0.3, 0.4) is 0 Å². The molecule has 0 atom stereocenters. The Hall–Kier alpha value is -2.03. The molecule has 1 heterocycles. The Bertz CT molecular complexity index is 685. The molecule has 0 fully saturated rings. The van der Waals surface area contributed by atoms with Crippen molar-refractivity contribution in [3.63, 3.8) is 0 Å². The number of carbonyl (C=O) groups is 1. The van der Waals surface area contributed by atoms with E-state index in [0.717, 1.165) is 5.56 Å². The molecule has 0 unspecified atom stereocenters. The molecular weight excluding hydrogens is 306 g/mol. The third-order valence-corrected chi connectivity index (χ3v) is 4.04. The molecule has 0 radical (unpaired) electrons. The Morgan fingerprint density at radius 1 is 1.33 bits per heavy atom. The van der Waals surface area contributed by atoms with Crippen LogP contribution in [0.1, 0.15) is 11.1 Å². The van der Waals surface area contributed by atoms with Crippen molar-refractivity contribution in [2.45, 2.75) is 11.6 Å². The van der Waals surface area contributed by atoms with Crippen LogP contribution in [0.15, 0.2) is 47.6 Å². The molecule has 1 N–H and O–H groups in total. The number of pyridine rings is 1. The zero-order valence-electron chi connectivity index (χ0n) is 11.0. The summed E-state index contributed by atoms with van der Waals surface area (Å²) >= 11 is 7.26. The second-order valence-corrected chi connectivity index (χ2v) is 5.50. The fourth-order valence-electron chi connectivity index (χ4n) is 1.61. The number of thioether (sulfide) groups is 1. The minimum Gasteiger partial charge on any atom is -0.351 e. The topological polar surface area (TPSA) is 65.8 Å². The van der Waals surface area contributed by atoms with Crippen molar-refractivity contribution >= 4 is 29.3 Å². The molecule has 0 aliphatic rings. The number of hydrogen-bond donors (Lipinski definition) is 1. The molecule has 21 heavy (non-hydrogen) atoms. The van der Waals surface area contributed by atoms with E-state index in [1.165, 1.54) is 11.8 Å². The molecule has 0 aliphatic heterocycles. The van der Waals surface area contributed by atoms with E-state index in [1.807, 2.05) is 18.2 Å². The largest absolute Gasteiger partial charge is 0.351 e. The predicted molar refractivity (Wildman–Crippen MR) is 83.0 cm³/mol. The SMILES string of the molecule is N#Cc1cccnc1SCC(=O)NCc1ccccc1Cl. The predicted octanol–water partition coefficient (Wildman–Crippen LogP) is 3.02. The van der Waals surface area contributed by atoms with Crippen molar-refractivity contribution < 1.29 is 4.79 Å². The van der Waals surface area contributed by atoms with Crippen LogP contribution in [-0.2, 0) is 11.3 Å². The van der Waals surface area contributed by atoms with Gasteiger partial charge in [-0.15, -0.1) is 0 Å². The lowest BCUT2D eigenvalue weighted by atomic mass is 10.2. The van der Waals surface area contributed by atoms with Crippen LogP contribution in [0.5, 0.6) is 0 Å². The molecule has 0 bridgehead atoms. The number of nitrogens with zero attached hydrogens (tertiary/aromatic N) is 2. The van der Waals surface area contributed by atoms with Gasteiger partial charge in [-0.3, -0.25) is 4.79 Å². The Morgan fingerprint density at radius 2 is 2.14 bits per heavy atom. The molecule has 106 valence electrons. The maximum Gasteiger partial charge on any atom is 0.230 e. The summed E-state index contributed by atoms with van der Waals surface area (Å²) in [6.07, 6.45) is 1.60. The summed E-state index contributed by atoms with van der Waals surface area (Å²) in [5, 5.41) is 12.9. The maximum atomic E-state index is 11.8. The minimum absolute atomic E-state index is 0.130. The standard InChI is InChI=1S/C15H12ClN3OS/c16-13-6-2-1-4-12(13)9-19-14(20)10-21-15-11(8-17)5-3-7-18-15/h1-7H,9-10H2,(H,19,20). The molecule has 0 saturated heterocycles. The average molecular weight is 318 g/mol. The maximum absolute atomic E-state index is 11.8. The lowest BCUT2D eigenvalue weighted by Gasteiger charge is -2.07. The highest BCUT2D eigenvalue weighted by Crippen LogP contribution is 2.19. The first-order chi connectivity index (χ1) is 10.2. The van der Waals surface area contributed by atoms with Gasteiger partial charge in [-0.05, 0) is 23.8 Å². The zero-order valence-corrected chi connectivity index (χ0v) is 12.6. The Kier molecular flexibility index (Phi) is 5.61. The number of carbonyl (C=O) groups excluding carboxylic acids is 1. The van der Waals surface area contributed by atoms with Gasteiger partial charge in [0.05, 0.1) is 11.3 Å². The molecule has 2 rings (SSSR count). The van der Waals surface area contributed by atoms with Crippen molar-refractivity contribution in [2.24, 2.45) is 0 Å². The fourth-order valence-corrected chi connectivity index (χ4v) is 2.59. The number of nitrogens with one attached hydrogen (secondary N) is 1. The Labute approximate surface area is 132 Å². The molecule has 2 aromatic rings. The van der Waals surface area contributed by atoms with E-state index in [1.54, 1.807) is 24.4 Å². The van der Waals surface area contributed by atoms with Crippen LogP contribution in [0.4, 0.5) is 0 Å². The number of amides is 1. The summed E-state index contributed by atoms with van der Waals surface area (Å²) in [7, 11) is 0. The van der Waals surface area contributed by atoms with Crippen molar-refractivity contribution in [3.8, 4) is 6.07 Å². The van der Waals surface area contributed by atoms with Crippen molar-refractivity contribution in [3.05, 3.63) is 58.7 Å². The van der Waals surface area contributed by atoms with Gasteiger partial charge in [-0.25, -0.2) is 4.98 Å². The quantitative estimate of drug-likeness (QED) is 0.861. The van der Waals surface area contributed by atoms with Gasteiger partial charge in [0.25, 0.3) is 0 Å². The normalized spacial score (nSPS) is 9.90. The third-order valence-electron chi connectivity index (χ3n) is 2.67. The molecule has 6 heteroatoms. The second kappa shape index (κ2) is 7.67. The van der Waals surface area contributed by atoms with Crippen molar-refractivity contribution in [1.29, 1.82) is 5.26 Å². The second-order valence-electron chi connectivity index (χ2n) is 4.12. The summed E-state index contributed by atoms with van der Waals surface area (Å²) in [6, 6.07) is 12.8. The van der Waals surface area contributed by atoms with Gasteiger partial charge in [-0.1, -0.05) is 41.6 Å². The van der Waals surface area contributed by atoms with Gasteiger partial charge in [-0.2, -0.15) is 5.26 Å².